The normalized spacial score (nSPS) is 16.1. The van der Waals surface area contributed by atoms with Crippen molar-refractivity contribution in [1.82, 2.24) is 5.32 Å². The maximum atomic E-state index is 13.6. The highest BCUT2D eigenvalue weighted by Gasteiger charge is 2.39. The van der Waals surface area contributed by atoms with Gasteiger partial charge in [0, 0.05) is 22.0 Å². The molecule has 1 aliphatic heterocycles. The number of carbonyl (C=O) groups is 2. The number of benzene rings is 3. The number of methoxy groups -OCH3 is 1. The van der Waals surface area contributed by atoms with Crippen LogP contribution >= 0.6 is 23.4 Å². The van der Waals surface area contributed by atoms with Gasteiger partial charge in [-0.3, -0.25) is 9.59 Å². The first kappa shape index (κ1) is 24.1. The maximum Gasteiger partial charge on any atom is 0.241 e. The predicted octanol–water partition coefficient (Wildman–Crippen LogP) is 5.45. The van der Waals surface area contributed by atoms with Crippen LogP contribution in [0.2, 0.25) is 5.02 Å². The molecule has 1 heterocycles. The van der Waals surface area contributed by atoms with Crippen LogP contribution in [0.4, 0.5) is 10.1 Å². The van der Waals surface area contributed by atoms with E-state index >= 15 is 0 Å². The largest absolute Gasteiger partial charge is 0.496 e. The Morgan fingerprint density at radius 3 is 2.65 bits per heavy atom. The van der Waals surface area contributed by atoms with Crippen LogP contribution in [0.15, 0.2) is 71.6 Å². The molecule has 5 nitrogen and oxygen atoms in total. The number of fused-ring (bicyclic) bond motifs is 1. The van der Waals surface area contributed by atoms with Gasteiger partial charge in [-0.25, -0.2) is 4.39 Å². The second kappa shape index (κ2) is 10.5. The summed E-state index contributed by atoms with van der Waals surface area (Å²) >= 11 is 7.62. The summed E-state index contributed by atoms with van der Waals surface area (Å²) in [6, 6.07) is 19.1. The molecular weight excluding hydrogens is 475 g/mol. The van der Waals surface area contributed by atoms with E-state index in [9.17, 15) is 14.0 Å². The molecule has 3 aromatic rings. The van der Waals surface area contributed by atoms with Gasteiger partial charge < -0.3 is 15.0 Å². The molecule has 1 N–H and O–H groups in total. The molecule has 0 saturated heterocycles. The molecule has 3 aromatic carbocycles. The minimum atomic E-state index is -0.619. The fourth-order valence-electron chi connectivity index (χ4n) is 3.87. The zero-order valence-electron chi connectivity index (χ0n) is 18.8. The Balaban J connectivity index is 1.54. The molecule has 1 aliphatic rings. The molecule has 0 saturated carbocycles. The van der Waals surface area contributed by atoms with Gasteiger partial charge in [-0.05, 0) is 35.9 Å². The van der Waals surface area contributed by atoms with Crippen LogP contribution < -0.4 is 15.0 Å². The van der Waals surface area contributed by atoms with E-state index in [0.29, 0.717) is 17.9 Å². The molecular formula is C26H24ClFN2O3S. The zero-order valence-corrected chi connectivity index (χ0v) is 20.3. The Labute approximate surface area is 207 Å². The van der Waals surface area contributed by atoms with Gasteiger partial charge in [0.15, 0.2) is 0 Å². The van der Waals surface area contributed by atoms with Crippen molar-refractivity contribution in [3.8, 4) is 5.75 Å². The first-order valence-electron chi connectivity index (χ1n) is 10.8. The topological polar surface area (TPSA) is 58.6 Å². The number of para-hydroxylation sites is 2. The van der Waals surface area contributed by atoms with Gasteiger partial charge in [0.1, 0.15) is 16.8 Å². The minimum Gasteiger partial charge on any atom is -0.496 e. The van der Waals surface area contributed by atoms with Gasteiger partial charge in [-0.15, -0.1) is 11.8 Å². The van der Waals surface area contributed by atoms with Crippen molar-refractivity contribution >= 4 is 40.9 Å². The van der Waals surface area contributed by atoms with Crippen LogP contribution in [0.5, 0.6) is 5.75 Å². The third kappa shape index (κ3) is 5.05. The number of thioether (sulfide) groups is 1. The van der Waals surface area contributed by atoms with Crippen LogP contribution in [0.3, 0.4) is 0 Å². The molecule has 34 heavy (non-hydrogen) atoms. The molecule has 8 heteroatoms. The molecule has 0 unspecified atom stereocenters. The maximum absolute atomic E-state index is 13.6. The molecule has 2 amide bonds. The molecule has 0 bridgehead atoms. The second-order valence-corrected chi connectivity index (χ2v) is 9.58. The summed E-state index contributed by atoms with van der Waals surface area (Å²) in [4.78, 5) is 29.1. The summed E-state index contributed by atoms with van der Waals surface area (Å²) in [5.41, 5.74) is 2.23. The lowest BCUT2D eigenvalue weighted by atomic mass is 10.0. The van der Waals surface area contributed by atoms with Crippen molar-refractivity contribution in [3.63, 3.8) is 0 Å². The third-order valence-electron chi connectivity index (χ3n) is 5.78. The Hall–Kier alpha value is -3.03. The molecule has 0 radical (unpaired) electrons. The molecule has 176 valence electrons. The van der Waals surface area contributed by atoms with E-state index in [1.165, 1.54) is 23.9 Å². The second-order valence-electron chi connectivity index (χ2n) is 7.98. The van der Waals surface area contributed by atoms with Crippen molar-refractivity contribution in [2.45, 2.75) is 30.2 Å². The first-order chi connectivity index (χ1) is 16.4. The van der Waals surface area contributed by atoms with Crippen LogP contribution in [0.25, 0.3) is 0 Å². The van der Waals surface area contributed by atoms with Crippen molar-refractivity contribution in [2.75, 3.05) is 12.0 Å². The molecule has 4 rings (SSSR count). The summed E-state index contributed by atoms with van der Waals surface area (Å²) in [5.74, 6) is -0.755. The first-order valence-corrected chi connectivity index (χ1v) is 12.1. The highest BCUT2D eigenvalue weighted by Crippen LogP contribution is 2.42. The molecule has 2 atom stereocenters. The number of anilines is 1. The van der Waals surface area contributed by atoms with Gasteiger partial charge in [-0.2, -0.15) is 0 Å². The van der Waals surface area contributed by atoms with Crippen molar-refractivity contribution in [1.29, 1.82) is 0 Å². The van der Waals surface area contributed by atoms with E-state index in [0.717, 1.165) is 16.1 Å². The number of carbonyl (C=O) groups excluding carboxylic acids is 2. The lowest BCUT2D eigenvalue weighted by molar-refractivity contribution is -0.128. The van der Waals surface area contributed by atoms with E-state index in [4.69, 9.17) is 16.3 Å². The standard InChI is InChI=1S/C26H24ClFN2O3S/c1-16(25(31)29-14-17-7-3-5-9-22(17)33-2)24-26(32)30(21-8-4-6-10-23(21)34-24)15-18-11-12-19(28)13-20(18)27/h3-13,16,24H,14-15H2,1-2H3,(H,29,31)/t16-,24+/m0/s1. The van der Waals surface area contributed by atoms with E-state index in [1.54, 1.807) is 25.0 Å². The average molecular weight is 499 g/mol. The van der Waals surface area contributed by atoms with Crippen LogP contribution in [0, 0.1) is 11.7 Å². The highest BCUT2D eigenvalue weighted by molar-refractivity contribution is 8.01. The Kier molecular flexibility index (Phi) is 7.44. The van der Waals surface area contributed by atoms with Crippen molar-refractivity contribution in [2.24, 2.45) is 5.92 Å². The number of rotatable bonds is 7. The van der Waals surface area contributed by atoms with E-state index < -0.39 is 17.0 Å². The summed E-state index contributed by atoms with van der Waals surface area (Å²) < 4.78 is 18.9. The van der Waals surface area contributed by atoms with Gasteiger partial charge in [0.2, 0.25) is 11.8 Å². The van der Waals surface area contributed by atoms with Gasteiger partial charge in [0.25, 0.3) is 0 Å². The number of nitrogens with zero attached hydrogens (tertiary/aromatic N) is 1. The van der Waals surface area contributed by atoms with Crippen LogP contribution in [0.1, 0.15) is 18.1 Å². The summed E-state index contributed by atoms with van der Waals surface area (Å²) in [6.45, 7) is 2.23. The summed E-state index contributed by atoms with van der Waals surface area (Å²) in [6.07, 6.45) is 0. The number of hydrogen-bond acceptors (Lipinski definition) is 4. The Morgan fingerprint density at radius 1 is 1.15 bits per heavy atom. The molecule has 0 aliphatic carbocycles. The Morgan fingerprint density at radius 2 is 1.88 bits per heavy atom. The van der Waals surface area contributed by atoms with E-state index in [2.05, 4.69) is 5.32 Å². The number of hydrogen-bond donors (Lipinski definition) is 1. The van der Waals surface area contributed by atoms with Crippen LogP contribution in [-0.4, -0.2) is 24.2 Å². The summed E-state index contributed by atoms with van der Waals surface area (Å²) in [7, 11) is 1.58. The SMILES string of the molecule is COc1ccccc1CNC(=O)[C@@H](C)[C@H]1Sc2ccccc2N(Cc2ccc(F)cc2Cl)C1=O. The van der Waals surface area contributed by atoms with E-state index in [-0.39, 0.29) is 23.4 Å². The smallest absolute Gasteiger partial charge is 0.241 e. The summed E-state index contributed by atoms with van der Waals surface area (Å²) in [5, 5.41) is 2.56. The molecule has 0 fully saturated rings. The predicted molar refractivity (Wildman–Crippen MR) is 133 cm³/mol. The highest BCUT2D eigenvalue weighted by atomic mass is 35.5. The van der Waals surface area contributed by atoms with Gasteiger partial charge >= 0.3 is 0 Å². The number of nitrogens with one attached hydrogen (secondary N) is 1. The quantitative estimate of drug-likeness (QED) is 0.470. The lowest BCUT2D eigenvalue weighted by Crippen LogP contribution is -2.47. The minimum absolute atomic E-state index is 0.182. The van der Waals surface area contributed by atoms with Gasteiger partial charge in [0.05, 0.1) is 25.3 Å². The fraction of sp³-hybridized carbons (Fsp3) is 0.231. The zero-order chi connectivity index (χ0) is 24.2. The number of amides is 2. The average Bonchev–Trinajstić information content (AvgIpc) is 2.85. The van der Waals surface area contributed by atoms with Crippen molar-refractivity contribution in [3.05, 3.63) is 88.7 Å². The monoisotopic (exact) mass is 498 g/mol. The molecule has 0 aromatic heterocycles. The van der Waals surface area contributed by atoms with Crippen molar-refractivity contribution < 1.29 is 18.7 Å². The Bertz CT molecular complexity index is 1220. The van der Waals surface area contributed by atoms with E-state index in [1.807, 2.05) is 48.5 Å². The number of halogens is 2. The van der Waals surface area contributed by atoms with Gasteiger partial charge in [-0.1, -0.05) is 54.9 Å². The van der Waals surface area contributed by atoms with Crippen LogP contribution in [-0.2, 0) is 22.7 Å². The lowest BCUT2D eigenvalue weighted by Gasteiger charge is -2.36. The third-order valence-corrected chi connectivity index (χ3v) is 7.59. The fourth-order valence-corrected chi connectivity index (χ4v) is 5.38. The molecule has 0 spiro atoms. The number of ether oxygens (including phenoxy) is 1.